The van der Waals surface area contributed by atoms with Gasteiger partial charge in [-0.2, -0.15) is 0 Å². The number of hydrogen-bond donors (Lipinski definition) is 0. The molecule has 0 spiro atoms. The average Bonchev–Trinajstić information content (AvgIpc) is 2.35. The van der Waals surface area contributed by atoms with E-state index in [1.807, 2.05) is 0 Å². The lowest BCUT2D eigenvalue weighted by Crippen LogP contribution is -2.36. The predicted molar refractivity (Wildman–Crippen MR) is 79.0 cm³/mol. The van der Waals surface area contributed by atoms with Crippen LogP contribution in [0.4, 0.5) is 0 Å². The lowest BCUT2D eigenvalue weighted by molar-refractivity contribution is 0.155. The SMILES string of the molecule is COCCCCC(C)(C)C(C)(C)c1ccccc1. The number of hydrogen-bond acceptors (Lipinski definition) is 1. The second-order valence-corrected chi connectivity index (χ2v) is 6.32. The van der Waals surface area contributed by atoms with Crippen LogP contribution >= 0.6 is 0 Å². The van der Waals surface area contributed by atoms with Gasteiger partial charge in [-0.1, -0.05) is 64.4 Å². The minimum Gasteiger partial charge on any atom is -0.385 e. The quantitative estimate of drug-likeness (QED) is 0.629. The average molecular weight is 248 g/mol. The third kappa shape index (κ3) is 3.58. The van der Waals surface area contributed by atoms with Gasteiger partial charge in [0.2, 0.25) is 0 Å². The molecule has 0 aliphatic heterocycles. The molecule has 0 heterocycles. The summed E-state index contributed by atoms with van der Waals surface area (Å²) >= 11 is 0. The highest BCUT2D eigenvalue weighted by atomic mass is 16.5. The third-order valence-electron chi connectivity index (χ3n) is 4.59. The van der Waals surface area contributed by atoms with E-state index >= 15 is 0 Å². The van der Waals surface area contributed by atoms with Crippen LogP contribution < -0.4 is 0 Å². The Bertz CT molecular complexity index is 338. The number of unbranched alkanes of at least 4 members (excludes halogenated alkanes) is 1. The molecular weight excluding hydrogens is 220 g/mol. The van der Waals surface area contributed by atoms with Crippen LogP contribution in [0.3, 0.4) is 0 Å². The van der Waals surface area contributed by atoms with Gasteiger partial charge in [0.15, 0.2) is 0 Å². The molecule has 1 heteroatoms. The van der Waals surface area contributed by atoms with Crippen LogP contribution in [0.1, 0.15) is 52.5 Å². The van der Waals surface area contributed by atoms with Gasteiger partial charge in [0.1, 0.15) is 0 Å². The van der Waals surface area contributed by atoms with Crippen molar-refractivity contribution >= 4 is 0 Å². The minimum absolute atomic E-state index is 0.196. The van der Waals surface area contributed by atoms with Crippen molar-refractivity contribution in [1.82, 2.24) is 0 Å². The number of benzene rings is 1. The summed E-state index contributed by atoms with van der Waals surface area (Å²) in [5.41, 5.74) is 1.92. The van der Waals surface area contributed by atoms with Crippen molar-refractivity contribution in [3.05, 3.63) is 35.9 Å². The van der Waals surface area contributed by atoms with Crippen LogP contribution in [0.15, 0.2) is 30.3 Å². The minimum atomic E-state index is 0.196. The fraction of sp³-hybridized carbons (Fsp3) is 0.647. The normalized spacial score (nSPS) is 12.7. The van der Waals surface area contributed by atoms with Gasteiger partial charge in [0.05, 0.1) is 0 Å². The zero-order valence-corrected chi connectivity index (χ0v) is 12.6. The maximum absolute atomic E-state index is 5.13. The lowest BCUT2D eigenvalue weighted by Gasteiger charge is -2.42. The van der Waals surface area contributed by atoms with Crippen LogP contribution in [0.5, 0.6) is 0 Å². The van der Waals surface area contributed by atoms with E-state index in [2.05, 4.69) is 58.0 Å². The number of ether oxygens (including phenoxy) is 1. The van der Waals surface area contributed by atoms with Crippen LogP contribution in [-0.4, -0.2) is 13.7 Å². The van der Waals surface area contributed by atoms with Crippen molar-refractivity contribution < 1.29 is 4.74 Å². The van der Waals surface area contributed by atoms with Crippen LogP contribution in [0.25, 0.3) is 0 Å². The first-order valence-corrected chi connectivity index (χ1v) is 6.96. The van der Waals surface area contributed by atoms with Gasteiger partial charge >= 0.3 is 0 Å². The van der Waals surface area contributed by atoms with E-state index in [-0.39, 0.29) is 5.41 Å². The fourth-order valence-corrected chi connectivity index (χ4v) is 2.37. The Morgan fingerprint density at radius 2 is 1.56 bits per heavy atom. The van der Waals surface area contributed by atoms with Gasteiger partial charge in [-0.25, -0.2) is 0 Å². The Labute approximate surface area is 113 Å². The molecule has 0 aromatic heterocycles. The number of rotatable bonds is 7. The molecule has 102 valence electrons. The van der Waals surface area contributed by atoms with Crippen molar-refractivity contribution in [2.75, 3.05) is 13.7 Å². The summed E-state index contributed by atoms with van der Waals surface area (Å²) in [5, 5.41) is 0. The molecule has 0 fully saturated rings. The topological polar surface area (TPSA) is 9.23 Å². The van der Waals surface area contributed by atoms with Gasteiger partial charge in [-0.05, 0) is 29.2 Å². The highest BCUT2D eigenvalue weighted by Gasteiger charge is 2.37. The second-order valence-electron chi connectivity index (χ2n) is 6.32. The summed E-state index contributed by atoms with van der Waals surface area (Å²) in [5.74, 6) is 0. The molecule has 0 unspecified atom stereocenters. The predicted octanol–water partition coefficient (Wildman–Crippen LogP) is 4.81. The molecule has 18 heavy (non-hydrogen) atoms. The van der Waals surface area contributed by atoms with Gasteiger partial charge in [-0.15, -0.1) is 0 Å². The Balaban J connectivity index is 2.70. The largest absolute Gasteiger partial charge is 0.385 e. The molecule has 1 aromatic rings. The highest BCUT2D eigenvalue weighted by Crippen LogP contribution is 2.44. The zero-order chi connectivity index (χ0) is 13.6. The molecule has 0 radical (unpaired) electrons. The first-order chi connectivity index (χ1) is 8.42. The van der Waals surface area contributed by atoms with Crippen molar-refractivity contribution in [3.63, 3.8) is 0 Å². The maximum atomic E-state index is 5.13. The molecule has 0 aliphatic rings. The molecule has 1 nitrogen and oxygen atoms in total. The van der Waals surface area contributed by atoms with Crippen molar-refractivity contribution in [3.8, 4) is 0 Å². The summed E-state index contributed by atoms with van der Waals surface area (Å²) in [6.45, 7) is 10.4. The van der Waals surface area contributed by atoms with Crippen molar-refractivity contribution in [1.29, 1.82) is 0 Å². The first-order valence-electron chi connectivity index (χ1n) is 6.96. The maximum Gasteiger partial charge on any atom is 0.0462 e. The van der Waals surface area contributed by atoms with Crippen LogP contribution in [-0.2, 0) is 10.2 Å². The Morgan fingerprint density at radius 1 is 0.944 bits per heavy atom. The molecule has 0 saturated carbocycles. The Morgan fingerprint density at radius 3 is 2.11 bits per heavy atom. The van der Waals surface area contributed by atoms with E-state index < -0.39 is 0 Å². The summed E-state index contributed by atoms with van der Waals surface area (Å²) in [4.78, 5) is 0. The molecule has 0 amide bonds. The summed E-state index contributed by atoms with van der Waals surface area (Å²) in [7, 11) is 1.78. The standard InChI is InChI=1S/C17H28O/c1-16(2,13-9-10-14-18-5)17(3,4)15-11-7-6-8-12-15/h6-8,11-12H,9-10,13-14H2,1-5H3. The molecule has 0 bridgehead atoms. The highest BCUT2D eigenvalue weighted by molar-refractivity contribution is 5.26. The van der Waals surface area contributed by atoms with Crippen LogP contribution in [0, 0.1) is 5.41 Å². The van der Waals surface area contributed by atoms with Crippen molar-refractivity contribution in [2.45, 2.75) is 52.4 Å². The second kappa shape index (κ2) is 6.38. The molecule has 1 rings (SSSR count). The van der Waals surface area contributed by atoms with Gasteiger partial charge in [0, 0.05) is 13.7 Å². The van der Waals surface area contributed by atoms with E-state index in [0.717, 1.165) is 13.0 Å². The van der Waals surface area contributed by atoms with E-state index in [9.17, 15) is 0 Å². The lowest BCUT2D eigenvalue weighted by atomic mass is 9.62. The van der Waals surface area contributed by atoms with E-state index in [0.29, 0.717) is 5.41 Å². The fourth-order valence-electron chi connectivity index (χ4n) is 2.37. The Kier molecular flexibility index (Phi) is 5.40. The van der Waals surface area contributed by atoms with E-state index in [1.54, 1.807) is 7.11 Å². The first kappa shape index (κ1) is 15.2. The number of methoxy groups -OCH3 is 1. The molecule has 0 atom stereocenters. The molecule has 0 N–H and O–H groups in total. The summed E-state index contributed by atoms with van der Waals surface area (Å²) < 4.78 is 5.13. The molecule has 0 saturated heterocycles. The van der Waals surface area contributed by atoms with Crippen LogP contribution in [0.2, 0.25) is 0 Å². The Hall–Kier alpha value is -0.820. The van der Waals surface area contributed by atoms with Gasteiger partial charge in [-0.3, -0.25) is 0 Å². The molecule has 1 aromatic carbocycles. The zero-order valence-electron chi connectivity index (χ0n) is 12.6. The smallest absolute Gasteiger partial charge is 0.0462 e. The summed E-state index contributed by atoms with van der Waals surface area (Å²) in [6.07, 6.45) is 3.63. The summed E-state index contributed by atoms with van der Waals surface area (Å²) in [6, 6.07) is 10.9. The van der Waals surface area contributed by atoms with Gasteiger partial charge < -0.3 is 4.74 Å². The van der Waals surface area contributed by atoms with E-state index in [4.69, 9.17) is 4.74 Å². The monoisotopic (exact) mass is 248 g/mol. The third-order valence-corrected chi connectivity index (χ3v) is 4.59. The molecular formula is C17H28O. The molecule has 0 aliphatic carbocycles. The van der Waals surface area contributed by atoms with Gasteiger partial charge in [0.25, 0.3) is 0 Å². The van der Waals surface area contributed by atoms with E-state index in [1.165, 1.54) is 18.4 Å². The van der Waals surface area contributed by atoms with Crippen molar-refractivity contribution in [2.24, 2.45) is 5.41 Å².